The highest BCUT2D eigenvalue weighted by molar-refractivity contribution is 6.02. The van der Waals surface area contributed by atoms with E-state index in [2.05, 4.69) is 5.10 Å². The summed E-state index contributed by atoms with van der Waals surface area (Å²) in [6.45, 7) is 2.95. The Kier molecular flexibility index (Phi) is 4.33. The lowest BCUT2D eigenvalue weighted by Gasteiger charge is -2.20. The third-order valence-corrected chi connectivity index (χ3v) is 4.20. The number of amides is 1. The maximum Gasteiger partial charge on any atom is 0.360 e. The highest BCUT2D eigenvalue weighted by Crippen LogP contribution is 2.16. The number of likely N-dealkylation sites (tertiary alicyclic amines) is 1. The van der Waals surface area contributed by atoms with Gasteiger partial charge in [-0.25, -0.2) is 9.48 Å². The number of esters is 1. The minimum Gasteiger partial charge on any atom is -0.448 e. The Morgan fingerprint density at radius 2 is 1.79 bits per heavy atom. The quantitative estimate of drug-likeness (QED) is 0.788. The molecule has 0 spiro atoms. The number of aryl methyl sites for hydroxylation is 1. The van der Waals surface area contributed by atoms with Crippen molar-refractivity contribution in [3.63, 3.8) is 0 Å². The Hall–Kier alpha value is -2.70. The number of ether oxygens (including phenoxy) is 1. The van der Waals surface area contributed by atoms with Crippen molar-refractivity contribution in [2.45, 2.75) is 25.9 Å². The molecule has 0 aliphatic carbocycles. The molecule has 3 rings (SSSR count). The van der Waals surface area contributed by atoms with Crippen LogP contribution in [0.4, 0.5) is 0 Å². The fraction of sp³-hybridized carbons (Fsp3) is 0.412. The van der Waals surface area contributed by atoms with Crippen LogP contribution < -0.4 is 5.56 Å². The van der Waals surface area contributed by atoms with E-state index < -0.39 is 12.1 Å². The molecule has 1 fully saturated rings. The molecule has 7 nitrogen and oxygen atoms in total. The van der Waals surface area contributed by atoms with Crippen LogP contribution in [-0.2, 0) is 16.6 Å². The third kappa shape index (κ3) is 2.89. The zero-order valence-electron chi connectivity index (χ0n) is 13.7. The highest BCUT2D eigenvalue weighted by atomic mass is 16.5. The molecule has 1 aliphatic heterocycles. The van der Waals surface area contributed by atoms with Crippen LogP contribution in [0.2, 0.25) is 0 Å². The number of nitrogens with zero attached hydrogens (tertiary/aromatic N) is 3. The van der Waals surface area contributed by atoms with Crippen LogP contribution in [0.1, 0.15) is 30.3 Å². The predicted molar refractivity (Wildman–Crippen MR) is 87.7 cm³/mol. The van der Waals surface area contributed by atoms with Gasteiger partial charge in [0.15, 0.2) is 11.8 Å². The van der Waals surface area contributed by atoms with Crippen molar-refractivity contribution in [2.24, 2.45) is 7.05 Å². The van der Waals surface area contributed by atoms with E-state index in [1.165, 1.54) is 7.05 Å². The van der Waals surface area contributed by atoms with Crippen LogP contribution >= 0.6 is 0 Å². The molecule has 0 unspecified atom stereocenters. The summed E-state index contributed by atoms with van der Waals surface area (Å²) in [6, 6.07) is 6.72. The molecule has 2 heterocycles. The normalized spacial score (nSPS) is 15.5. The molecular formula is C17H19N3O4. The molecule has 1 amide bonds. The van der Waals surface area contributed by atoms with Crippen molar-refractivity contribution in [2.75, 3.05) is 13.1 Å². The summed E-state index contributed by atoms with van der Waals surface area (Å²) < 4.78 is 6.41. The third-order valence-electron chi connectivity index (χ3n) is 4.20. The van der Waals surface area contributed by atoms with Crippen molar-refractivity contribution >= 4 is 22.6 Å². The number of hydrogen-bond donors (Lipinski definition) is 0. The lowest BCUT2D eigenvalue weighted by Crippen LogP contribution is -2.38. The molecule has 1 saturated heterocycles. The van der Waals surface area contributed by atoms with Gasteiger partial charge in [0.05, 0.1) is 5.39 Å². The number of rotatable bonds is 3. The van der Waals surface area contributed by atoms with E-state index in [1.807, 2.05) is 0 Å². The van der Waals surface area contributed by atoms with Crippen LogP contribution in [0.3, 0.4) is 0 Å². The Morgan fingerprint density at radius 1 is 1.17 bits per heavy atom. The monoisotopic (exact) mass is 329 g/mol. The second-order valence-corrected chi connectivity index (χ2v) is 5.90. The molecular weight excluding hydrogens is 310 g/mol. The standard InChI is InChI=1S/C17H19N3O4/c1-11(15(21)20-9-5-6-10-20)24-17(23)14-12-7-3-4-8-13(12)16(22)19(2)18-14/h3-4,7-8,11H,5-6,9-10H2,1-2H3/t11-/m1/s1. The first-order valence-corrected chi connectivity index (χ1v) is 7.95. The topological polar surface area (TPSA) is 81.5 Å². The molecule has 7 heteroatoms. The molecule has 24 heavy (non-hydrogen) atoms. The molecule has 126 valence electrons. The highest BCUT2D eigenvalue weighted by Gasteiger charge is 2.27. The zero-order chi connectivity index (χ0) is 17.3. The first-order chi connectivity index (χ1) is 11.5. The van der Waals surface area contributed by atoms with Gasteiger partial charge in [-0.15, -0.1) is 0 Å². The van der Waals surface area contributed by atoms with Crippen molar-refractivity contribution < 1.29 is 14.3 Å². The van der Waals surface area contributed by atoms with Gasteiger partial charge in [0.25, 0.3) is 11.5 Å². The van der Waals surface area contributed by atoms with Crippen molar-refractivity contribution in [3.05, 3.63) is 40.3 Å². The van der Waals surface area contributed by atoms with E-state index >= 15 is 0 Å². The summed E-state index contributed by atoms with van der Waals surface area (Å²) in [6.07, 6.45) is 1.06. The molecule has 1 aromatic carbocycles. The van der Waals surface area contributed by atoms with Gasteiger partial charge < -0.3 is 9.64 Å². The van der Waals surface area contributed by atoms with Gasteiger partial charge in [-0.2, -0.15) is 5.10 Å². The van der Waals surface area contributed by atoms with Crippen LogP contribution in [0.15, 0.2) is 29.1 Å². The Balaban J connectivity index is 1.87. The average Bonchev–Trinajstić information content (AvgIpc) is 3.11. The van der Waals surface area contributed by atoms with Crippen molar-refractivity contribution in [1.29, 1.82) is 0 Å². The lowest BCUT2D eigenvalue weighted by atomic mass is 10.1. The summed E-state index contributed by atoms with van der Waals surface area (Å²) in [5, 5.41) is 4.83. The van der Waals surface area contributed by atoms with Crippen molar-refractivity contribution in [1.82, 2.24) is 14.7 Å². The zero-order valence-corrected chi connectivity index (χ0v) is 13.7. The number of hydrogen-bond acceptors (Lipinski definition) is 5. The van der Waals surface area contributed by atoms with E-state index in [0.717, 1.165) is 17.5 Å². The smallest absolute Gasteiger partial charge is 0.360 e. The maximum atomic E-state index is 12.5. The summed E-state index contributed by atoms with van der Waals surface area (Å²) in [7, 11) is 1.48. The van der Waals surface area contributed by atoms with Gasteiger partial charge in [-0.05, 0) is 25.8 Å². The Labute approximate surface area is 138 Å². The molecule has 1 atom stereocenters. The average molecular weight is 329 g/mol. The van der Waals surface area contributed by atoms with Gasteiger partial charge in [-0.3, -0.25) is 9.59 Å². The summed E-state index contributed by atoms with van der Waals surface area (Å²) in [5.41, 5.74) is -0.253. The maximum absolute atomic E-state index is 12.5. The number of benzene rings is 1. The van der Waals surface area contributed by atoms with Crippen molar-refractivity contribution in [3.8, 4) is 0 Å². The number of fused-ring (bicyclic) bond motifs is 1. The molecule has 0 saturated carbocycles. The van der Waals surface area contributed by atoms with E-state index in [1.54, 1.807) is 36.1 Å². The molecule has 0 N–H and O–H groups in total. The second kappa shape index (κ2) is 6.43. The van der Waals surface area contributed by atoms with E-state index in [9.17, 15) is 14.4 Å². The molecule has 0 bridgehead atoms. The predicted octanol–water partition coefficient (Wildman–Crippen LogP) is 1.10. The molecule has 1 aliphatic rings. The summed E-state index contributed by atoms with van der Waals surface area (Å²) in [4.78, 5) is 38.5. The summed E-state index contributed by atoms with van der Waals surface area (Å²) >= 11 is 0. The van der Waals surface area contributed by atoms with Gasteiger partial charge in [0, 0.05) is 25.5 Å². The van der Waals surface area contributed by atoms with Crippen LogP contribution in [-0.4, -0.2) is 45.8 Å². The minimum absolute atomic E-state index is 0.0359. The lowest BCUT2D eigenvalue weighted by molar-refractivity contribution is -0.138. The largest absolute Gasteiger partial charge is 0.448 e. The van der Waals surface area contributed by atoms with E-state index in [-0.39, 0.29) is 17.2 Å². The Morgan fingerprint density at radius 3 is 2.46 bits per heavy atom. The number of carbonyl (C=O) groups excluding carboxylic acids is 2. The summed E-state index contributed by atoms with van der Waals surface area (Å²) in [5.74, 6) is -0.906. The Bertz CT molecular complexity index is 853. The first kappa shape index (κ1) is 16.2. The SMILES string of the molecule is C[C@@H](OC(=O)c1nn(C)c(=O)c2ccccc12)C(=O)N1CCCC1. The van der Waals surface area contributed by atoms with Crippen LogP contribution in [0.5, 0.6) is 0 Å². The number of carbonyl (C=O) groups is 2. The van der Waals surface area contributed by atoms with Gasteiger partial charge >= 0.3 is 5.97 Å². The number of aromatic nitrogens is 2. The van der Waals surface area contributed by atoms with Gasteiger partial charge in [-0.1, -0.05) is 18.2 Å². The van der Waals surface area contributed by atoms with Gasteiger partial charge in [0.1, 0.15) is 0 Å². The fourth-order valence-electron chi connectivity index (χ4n) is 2.91. The van der Waals surface area contributed by atoms with Gasteiger partial charge in [0.2, 0.25) is 0 Å². The molecule has 1 aromatic heterocycles. The molecule has 2 aromatic rings. The van der Waals surface area contributed by atoms with Crippen LogP contribution in [0, 0.1) is 0 Å². The van der Waals surface area contributed by atoms with E-state index in [4.69, 9.17) is 4.74 Å². The first-order valence-electron chi connectivity index (χ1n) is 7.95. The fourth-order valence-corrected chi connectivity index (χ4v) is 2.91. The second-order valence-electron chi connectivity index (χ2n) is 5.90. The van der Waals surface area contributed by atoms with Crippen LogP contribution in [0.25, 0.3) is 10.8 Å². The minimum atomic E-state index is -0.881. The molecule has 0 radical (unpaired) electrons. The van der Waals surface area contributed by atoms with E-state index in [0.29, 0.717) is 23.9 Å².